The summed E-state index contributed by atoms with van der Waals surface area (Å²) in [6.07, 6.45) is 1.66. The molecule has 32 heavy (non-hydrogen) atoms. The van der Waals surface area contributed by atoms with Crippen LogP contribution < -0.4 is 10.3 Å². The summed E-state index contributed by atoms with van der Waals surface area (Å²) in [5.74, 6) is 0.707. The Bertz CT molecular complexity index is 1340. The van der Waals surface area contributed by atoms with Gasteiger partial charge in [0.2, 0.25) is 0 Å². The quantitative estimate of drug-likeness (QED) is 0.349. The summed E-state index contributed by atoms with van der Waals surface area (Å²) in [5, 5.41) is 26.1. The lowest BCUT2D eigenvalue weighted by atomic mass is 10.1. The van der Waals surface area contributed by atoms with Crippen LogP contribution >= 0.6 is 0 Å². The number of nitro groups is 1. The van der Waals surface area contributed by atoms with E-state index < -0.39 is 16.6 Å². The Labute approximate surface area is 182 Å². The molecule has 164 valence electrons. The molecule has 0 aliphatic heterocycles. The molecule has 0 radical (unpaired) electrons. The molecule has 0 amide bonds. The summed E-state index contributed by atoms with van der Waals surface area (Å²) in [7, 11) is 0. The molecule has 1 unspecified atom stereocenters. The summed E-state index contributed by atoms with van der Waals surface area (Å²) in [6.45, 7) is 3.83. The van der Waals surface area contributed by atoms with Crippen LogP contribution in [0.4, 0.5) is 5.69 Å². The van der Waals surface area contributed by atoms with Crippen molar-refractivity contribution in [3.05, 3.63) is 86.6 Å². The van der Waals surface area contributed by atoms with Crippen LogP contribution in [0.5, 0.6) is 5.75 Å². The molecule has 0 spiro atoms. The van der Waals surface area contributed by atoms with E-state index in [9.17, 15) is 20.0 Å². The van der Waals surface area contributed by atoms with E-state index in [0.29, 0.717) is 5.75 Å². The van der Waals surface area contributed by atoms with Crippen molar-refractivity contribution in [2.24, 2.45) is 0 Å². The normalized spacial score (nSPS) is 12.1. The molecule has 0 bridgehead atoms. The third kappa shape index (κ3) is 3.95. The monoisotopic (exact) mass is 435 g/mol. The second kappa shape index (κ2) is 8.60. The molecule has 2 aromatic heterocycles. The molecule has 0 saturated carbocycles. The standard InChI is InChI=1S/C22H21N5O5/c1-14-6-5-7-15(2)20(14)32-12-16(28)11-25-13-23-21-17(22(25)29)10-24-26(21)18-8-3-4-9-19(18)27(30)31/h3-10,13,16,28H,11-12H2,1-2H3. The van der Waals surface area contributed by atoms with E-state index >= 15 is 0 Å². The van der Waals surface area contributed by atoms with E-state index in [1.807, 2.05) is 32.0 Å². The Balaban J connectivity index is 1.58. The largest absolute Gasteiger partial charge is 0.490 e. The van der Waals surface area contributed by atoms with Crippen molar-refractivity contribution >= 4 is 16.7 Å². The second-order valence-electron chi connectivity index (χ2n) is 7.43. The minimum absolute atomic E-state index is 0.00560. The summed E-state index contributed by atoms with van der Waals surface area (Å²) in [5.41, 5.74) is 1.76. The lowest BCUT2D eigenvalue weighted by Gasteiger charge is -2.16. The van der Waals surface area contributed by atoms with Crippen molar-refractivity contribution in [2.45, 2.75) is 26.5 Å². The number of aliphatic hydroxyl groups excluding tert-OH is 1. The molecule has 0 fully saturated rings. The number of aromatic nitrogens is 4. The number of hydrogen-bond acceptors (Lipinski definition) is 7. The minimum atomic E-state index is -0.948. The first kappa shape index (κ1) is 21.2. The topological polar surface area (TPSA) is 125 Å². The summed E-state index contributed by atoms with van der Waals surface area (Å²) < 4.78 is 8.29. The molecular weight excluding hydrogens is 414 g/mol. The zero-order valence-corrected chi connectivity index (χ0v) is 17.5. The van der Waals surface area contributed by atoms with Gasteiger partial charge in [-0.1, -0.05) is 30.3 Å². The van der Waals surface area contributed by atoms with Crippen molar-refractivity contribution in [3.63, 3.8) is 0 Å². The smallest absolute Gasteiger partial charge is 0.294 e. The highest BCUT2D eigenvalue weighted by molar-refractivity contribution is 5.76. The number of hydrogen-bond donors (Lipinski definition) is 1. The number of aliphatic hydroxyl groups is 1. The third-order valence-corrected chi connectivity index (χ3v) is 5.10. The SMILES string of the molecule is Cc1cccc(C)c1OCC(O)Cn1cnc2c(cnn2-c2ccccc2[N+](=O)[O-])c1=O. The maximum atomic E-state index is 12.9. The molecule has 10 heteroatoms. The van der Waals surface area contributed by atoms with Gasteiger partial charge in [-0.15, -0.1) is 0 Å². The van der Waals surface area contributed by atoms with Crippen LogP contribution in [0.2, 0.25) is 0 Å². The van der Waals surface area contributed by atoms with Gasteiger partial charge in [0, 0.05) is 6.07 Å². The Kier molecular flexibility index (Phi) is 5.69. The zero-order chi connectivity index (χ0) is 22.8. The lowest BCUT2D eigenvalue weighted by molar-refractivity contribution is -0.384. The zero-order valence-electron chi connectivity index (χ0n) is 17.5. The molecule has 2 aromatic carbocycles. The van der Waals surface area contributed by atoms with Gasteiger partial charge in [-0.05, 0) is 31.0 Å². The highest BCUT2D eigenvalue weighted by Crippen LogP contribution is 2.24. The predicted octanol–water partition coefficient (Wildman–Crippen LogP) is 2.55. The molecule has 1 atom stereocenters. The van der Waals surface area contributed by atoms with Gasteiger partial charge in [-0.3, -0.25) is 19.5 Å². The van der Waals surface area contributed by atoms with Gasteiger partial charge < -0.3 is 9.84 Å². The average molecular weight is 435 g/mol. The highest BCUT2D eigenvalue weighted by Gasteiger charge is 2.20. The van der Waals surface area contributed by atoms with Crippen LogP contribution in [0.1, 0.15) is 11.1 Å². The number of benzene rings is 2. The molecule has 0 aliphatic rings. The first-order valence-electron chi connectivity index (χ1n) is 9.91. The van der Waals surface area contributed by atoms with Gasteiger partial charge in [-0.2, -0.15) is 5.10 Å². The Hall–Kier alpha value is -4.05. The van der Waals surface area contributed by atoms with Crippen molar-refractivity contribution in [1.82, 2.24) is 19.3 Å². The molecular formula is C22H21N5O5. The Morgan fingerprint density at radius 1 is 1.16 bits per heavy atom. The summed E-state index contributed by atoms with van der Waals surface area (Å²) >= 11 is 0. The molecule has 10 nitrogen and oxygen atoms in total. The van der Waals surface area contributed by atoms with Crippen molar-refractivity contribution in [2.75, 3.05) is 6.61 Å². The number of para-hydroxylation sites is 3. The van der Waals surface area contributed by atoms with Gasteiger partial charge >= 0.3 is 0 Å². The lowest BCUT2D eigenvalue weighted by Crippen LogP contribution is -2.30. The van der Waals surface area contributed by atoms with E-state index in [1.54, 1.807) is 12.1 Å². The maximum absolute atomic E-state index is 12.9. The van der Waals surface area contributed by atoms with Gasteiger partial charge in [0.15, 0.2) is 5.65 Å². The summed E-state index contributed by atoms with van der Waals surface area (Å²) in [6, 6.07) is 11.9. The fourth-order valence-electron chi connectivity index (χ4n) is 3.54. The van der Waals surface area contributed by atoms with Crippen molar-refractivity contribution < 1.29 is 14.8 Å². The van der Waals surface area contributed by atoms with Crippen LogP contribution in [0.25, 0.3) is 16.7 Å². The van der Waals surface area contributed by atoms with Crippen LogP contribution in [0.15, 0.2) is 59.8 Å². The molecule has 1 N–H and O–H groups in total. The van der Waals surface area contributed by atoms with Gasteiger partial charge in [0.05, 0.1) is 17.7 Å². The number of aryl methyl sites for hydroxylation is 2. The highest BCUT2D eigenvalue weighted by atomic mass is 16.6. The number of fused-ring (bicyclic) bond motifs is 1. The van der Waals surface area contributed by atoms with Crippen LogP contribution in [0.3, 0.4) is 0 Å². The number of ether oxygens (including phenoxy) is 1. The number of nitro benzene ring substituents is 1. The maximum Gasteiger partial charge on any atom is 0.294 e. The van der Waals surface area contributed by atoms with E-state index in [1.165, 1.54) is 33.9 Å². The summed E-state index contributed by atoms with van der Waals surface area (Å²) in [4.78, 5) is 28.0. The first-order chi connectivity index (χ1) is 15.4. The fourth-order valence-corrected chi connectivity index (χ4v) is 3.54. The molecule has 0 saturated heterocycles. The van der Waals surface area contributed by atoms with Crippen LogP contribution in [0, 0.1) is 24.0 Å². The van der Waals surface area contributed by atoms with Gasteiger partial charge in [0.1, 0.15) is 35.9 Å². The Morgan fingerprint density at radius 3 is 2.59 bits per heavy atom. The molecule has 0 aliphatic carbocycles. The number of nitrogens with zero attached hydrogens (tertiary/aromatic N) is 5. The fraction of sp³-hybridized carbons (Fsp3) is 0.227. The molecule has 4 aromatic rings. The third-order valence-electron chi connectivity index (χ3n) is 5.10. The van der Waals surface area contributed by atoms with E-state index in [0.717, 1.165) is 11.1 Å². The van der Waals surface area contributed by atoms with Gasteiger partial charge in [-0.25, -0.2) is 9.67 Å². The van der Waals surface area contributed by atoms with E-state index in [2.05, 4.69) is 10.1 Å². The van der Waals surface area contributed by atoms with Gasteiger partial charge in [0.25, 0.3) is 11.2 Å². The predicted molar refractivity (Wildman–Crippen MR) is 117 cm³/mol. The van der Waals surface area contributed by atoms with E-state index in [-0.39, 0.29) is 35.6 Å². The van der Waals surface area contributed by atoms with E-state index in [4.69, 9.17) is 4.74 Å². The van der Waals surface area contributed by atoms with Crippen LogP contribution in [-0.2, 0) is 6.54 Å². The average Bonchev–Trinajstić information content (AvgIpc) is 3.20. The van der Waals surface area contributed by atoms with Crippen molar-refractivity contribution in [3.8, 4) is 11.4 Å². The number of rotatable bonds is 7. The first-order valence-corrected chi connectivity index (χ1v) is 9.91. The molecule has 2 heterocycles. The van der Waals surface area contributed by atoms with Crippen LogP contribution in [-0.4, -0.2) is 42.1 Å². The Morgan fingerprint density at radius 2 is 1.88 bits per heavy atom. The van der Waals surface area contributed by atoms with Crippen molar-refractivity contribution in [1.29, 1.82) is 0 Å². The second-order valence-corrected chi connectivity index (χ2v) is 7.43. The molecule has 4 rings (SSSR count). The minimum Gasteiger partial charge on any atom is -0.490 e.